The van der Waals surface area contributed by atoms with Gasteiger partial charge in [-0.25, -0.2) is 4.79 Å². The fourth-order valence-electron chi connectivity index (χ4n) is 3.18. The van der Waals surface area contributed by atoms with Gasteiger partial charge in [0.15, 0.2) is 5.11 Å². The first kappa shape index (κ1) is 20.8. The highest BCUT2D eigenvalue weighted by Crippen LogP contribution is 2.30. The van der Waals surface area contributed by atoms with Crippen molar-refractivity contribution >= 4 is 51.5 Å². The summed E-state index contributed by atoms with van der Waals surface area (Å²) in [5, 5.41) is 6.86. The number of hydrogen-bond acceptors (Lipinski definition) is 4. The lowest BCUT2D eigenvalue weighted by Crippen LogP contribution is -2.34. The Hall–Kier alpha value is -3.48. The summed E-state index contributed by atoms with van der Waals surface area (Å²) in [6.45, 7) is 1.91. The molecule has 4 rings (SSSR count). The average Bonchev–Trinajstić information content (AvgIpc) is 2.73. The number of benzene rings is 3. The van der Waals surface area contributed by atoms with Crippen LogP contribution >= 0.6 is 23.8 Å². The topological polar surface area (TPSA) is 71.3 Å². The summed E-state index contributed by atoms with van der Waals surface area (Å²) in [5.41, 5.74) is 3.02. The highest BCUT2D eigenvalue weighted by Gasteiger charge is 2.13. The van der Waals surface area contributed by atoms with E-state index in [1.807, 2.05) is 31.2 Å². The zero-order valence-corrected chi connectivity index (χ0v) is 18.0. The van der Waals surface area contributed by atoms with Gasteiger partial charge in [0.05, 0.1) is 10.6 Å². The van der Waals surface area contributed by atoms with Gasteiger partial charge in [-0.05, 0) is 55.5 Å². The molecule has 0 aliphatic carbocycles. The van der Waals surface area contributed by atoms with Crippen LogP contribution < -0.4 is 16.3 Å². The van der Waals surface area contributed by atoms with Crippen molar-refractivity contribution in [2.45, 2.75) is 6.92 Å². The minimum absolute atomic E-state index is 0.139. The number of nitrogens with one attached hydrogen (secondary N) is 2. The Bertz CT molecular complexity index is 1380. The number of aryl methyl sites for hydroxylation is 1. The smallest absolute Gasteiger partial charge is 0.344 e. The van der Waals surface area contributed by atoms with Gasteiger partial charge in [-0.1, -0.05) is 53.6 Å². The van der Waals surface area contributed by atoms with Crippen LogP contribution in [-0.2, 0) is 0 Å². The lowest BCUT2D eigenvalue weighted by molar-refractivity contribution is 0.0977. The second-order valence-corrected chi connectivity index (χ2v) is 7.77. The molecule has 0 aliphatic rings. The lowest BCUT2D eigenvalue weighted by Gasteiger charge is -2.12. The van der Waals surface area contributed by atoms with Gasteiger partial charge in [-0.3, -0.25) is 10.1 Å². The van der Waals surface area contributed by atoms with Crippen LogP contribution in [0.1, 0.15) is 15.9 Å². The number of para-hydroxylation sites is 1. The average molecular weight is 449 g/mol. The monoisotopic (exact) mass is 448 g/mol. The fraction of sp³-hybridized carbons (Fsp3) is 0.0417. The van der Waals surface area contributed by atoms with Gasteiger partial charge < -0.3 is 9.73 Å². The van der Waals surface area contributed by atoms with E-state index in [0.29, 0.717) is 33.0 Å². The second-order valence-electron chi connectivity index (χ2n) is 6.96. The highest BCUT2D eigenvalue weighted by molar-refractivity contribution is 7.80. The molecule has 1 amide bonds. The van der Waals surface area contributed by atoms with E-state index in [1.165, 1.54) is 0 Å². The third-order valence-electron chi connectivity index (χ3n) is 4.67. The van der Waals surface area contributed by atoms with Crippen molar-refractivity contribution in [3.05, 3.63) is 99.4 Å². The van der Waals surface area contributed by atoms with Crippen molar-refractivity contribution in [2.75, 3.05) is 5.32 Å². The van der Waals surface area contributed by atoms with E-state index in [0.717, 1.165) is 10.9 Å². The SMILES string of the molecule is Cc1cccc(C(=O)NC(=S)Nc2ccc(-c3cc4ccccc4oc3=O)c(Cl)c2)c1. The van der Waals surface area contributed by atoms with Gasteiger partial charge >= 0.3 is 5.63 Å². The Labute approximate surface area is 188 Å². The number of carbonyl (C=O) groups excluding carboxylic acids is 1. The fourth-order valence-corrected chi connectivity index (χ4v) is 3.68. The number of thiocarbonyl (C=S) groups is 1. The van der Waals surface area contributed by atoms with Gasteiger partial charge in [0, 0.05) is 22.2 Å². The Balaban J connectivity index is 1.53. The molecule has 0 atom stereocenters. The van der Waals surface area contributed by atoms with Crippen LogP contribution in [0.2, 0.25) is 5.02 Å². The van der Waals surface area contributed by atoms with Crippen LogP contribution in [0, 0.1) is 6.92 Å². The van der Waals surface area contributed by atoms with Crippen molar-refractivity contribution in [2.24, 2.45) is 0 Å². The second kappa shape index (κ2) is 8.71. The van der Waals surface area contributed by atoms with E-state index < -0.39 is 5.63 Å². The molecule has 1 heterocycles. The van der Waals surface area contributed by atoms with Gasteiger partial charge in [0.1, 0.15) is 5.58 Å². The van der Waals surface area contributed by atoms with E-state index in [-0.39, 0.29) is 11.0 Å². The van der Waals surface area contributed by atoms with Gasteiger partial charge in [-0.2, -0.15) is 0 Å². The molecule has 0 unspecified atom stereocenters. The maximum atomic E-state index is 12.4. The molecular weight excluding hydrogens is 432 g/mol. The summed E-state index contributed by atoms with van der Waals surface area (Å²) in [5.74, 6) is -0.308. The summed E-state index contributed by atoms with van der Waals surface area (Å²) in [6.07, 6.45) is 0. The lowest BCUT2D eigenvalue weighted by atomic mass is 10.1. The van der Waals surface area contributed by atoms with Gasteiger partial charge in [0.2, 0.25) is 0 Å². The first-order valence-corrected chi connectivity index (χ1v) is 10.2. The molecule has 1 aromatic heterocycles. The van der Waals surface area contributed by atoms with E-state index in [2.05, 4.69) is 10.6 Å². The summed E-state index contributed by atoms with van der Waals surface area (Å²) < 4.78 is 5.39. The van der Waals surface area contributed by atoms with Crippen molar-refractivity contribution < 1.29 is 9.21 Å². The Morgan fingerprint density at radius 2 is 1.77 bits per heavy atom. The van der Waals surface area contributed by atoms with Crippen LogP contribution in [0.4, 0.5) is 5.69 Å². The number of anilines is 1. The third-order valence-corrected chi connectivity index (χ3v) is 5.18. The molecule has 0 saturated carbocycles. The first-order chi connectivity index (χ1) is 14.9. The van der Waals surface area contributed by atoms with E-state index in [1.54, 1.807) is 48.5 Å². The summed E-state index contributed by atoms with van der Waals surface area (Å²) >= 11 is 11.7. The molecule has 0 aliphatic heterocycles. The molecule has 0 fully saturated rings. The van der Waals surface area contributed by atoms with Gasteiger partial charge in [0.25, 0.3) is 5.91 Å². The van der Waals surface area contributed by atoms with E-state index in [4.69, 9.17) is 28.2 Å². The molecule has 154 valence electrons. The van der Waals surface area contributed by atoms with Crippen LogP contribution in [0.15, 0.2) is 82.0 Å². The zero-order chi connectivity index (χ0) is 22.0. The predicted octanol–water partition coefficient (Wildman–Crippen LogP) is 5.55. The molecule has 5 nitrogen and oxygen atoms in total. The maximum Gasteiger partial charge on any atom is 0.344 e. The largest absolute Gasteiger partial charge is 0.422 e. The standard InChI is InChI=1S/C24H17ClN2O3S/c1-14-5-4-7-16(11-14)22(28)27-24(31)26-17-9-10-18(20(25)13-17)19-12-15-6-2-3-8-21(15)30-23(19)29/h2-13H,1H3,(H2,26,27,28,31). The molecule has 2 N–H and O–H groups in total. The molecule has 4 aromatic rings. The number of rotatable bonds is 3. The van der Waals surface area contributed by atoms with Crippen molar-refractivity contribution in [1.29, 1.82) is 0 Å². The molecule has 31 heavy (non-hydrogen) atoms. The summed E-state index contributed by atoms with van der Waals surface area (Å²) in [4.78, 5) is 24.8. The minimum atomic E-state index is -0.470. The zero-order valence-electron chi connectivity index (χ0n) is 16.4. The molecule has 0 saturated heterocycles. The number of halogens is 1. The molecular formula is C24H17ClN2O3S. The Morgan fingerprint density at radius 3 is 2.55 bits per heavy atom. The molecule has 3 aromatic carbocycles. The van der Waals surface area contributed by atoms with Crippen molar-refractivity contribution in [1.82, 2.24) is 5.32 Å². The molecule has 7 heteroatoms. The predicted molar refractivity (Wildman–Crippen MR) is 128 cm³/mol. The third kappa shape index (κ3) is 4.66. The first-order valence-electron chi connectivity index (χ1n) is 9.42. The van der Waals surface area contributed by atoms with E-state index >= 15 is 0 Å². The molecule has 0 bridgehead atoms. The van der Waals surface area contributed by atoms with Crippen molar-refractivity contribution in [3.8, 4) is 11.1 Å². The van der Waals surface area contributed by atoms with Crippen molar-refractivity contribution in [3.63, 3.8) is 0 Å². The Morgan fingerprint density at radius 1 is 0.968 bits per heavy atom. The number of hydrogen-bond donors (Lipinski definition) is 2. The number of amides is 1. The number of fused-ring (bicyclic) bond motifs is 1. The van der Waals surface area contributed by atoms with Gasteiger partial charge in [-0.15, -0.1) is 0 Å². The van der Waals surface area contributed by atoms with E-state index in [9.17, 15) is 9.59 Å². The minimum Gasteiger partial charge on any atom is -0.422 e. The van der Waals surface area contributed by atoms with Crippen LogP contribution in [0.3, 0.4) is 0 Å². The summed E-state index contributed by atoms with van der Waals surface area (Å²) in [6, 6.07) is 21.3. The van der Waals surface area contributed by atoms with Crippen LogP contribution in [-0.4, -0.2) is 11.0 Å². The highest BCUT2D eigenvalue weighted by atomic mass is 35.5. The maximum absolute atomic E-state index is 12.4. The molecule has 0 radical (unpaired) electrons. The summed E-state index contributed by atoms with van der Waals surface area (Å²) in [7, 11) is 0. The quantitative estimate of drug-likeness (QED) is 0.317. The van der Waals surface area contributed by atoms with Crippen LogP contribution in [0.25, 0.3) is 22.1 Å². The normalized spacial score (nSPS) is 10.6. The number of carbonyl (C=O) groups is 1. The Kier molecular flexibility index (Phi) is 5.84. The van der Waals surface area contributed by atoms with Crippen LogP contribution in [0.5, 0.6) is 0 Å². The molecule has 0 spiro atoms.